The van der Waals surface area contributed by atoms with E-state index >= 15 is 0 Å². The zero-order valence-electron chi connectivity index (χ0n) is 10.7. The van der Waals surface area contributed by atoms with Gasteiger partial charge in [0.25, 0.3) is 0 Å². The van der Waals surface area contributed by atoms with E-state index < -0.39 is 10.0 Å². The summed E-state index contributed by atoms with van der Waals surface area (Å²) in [6.07, 6.45) is 2.09. The molecule has 0 bridgehead atoms. The van der Waals surface area contributed by atoms with Gasteiger partial charge in [-0.2, -0.15) is 0 Å². The molecule has 1 heterocycles. The topological polar surface area (TPSA) is 59.1 Å². The molecule has 0 saturated heterocycles. The van der Waals surface area contributed by atoms with E-state index in [9.17, 15) is 8.42 Å². The predicted octanol–water partition coefficient (Wildman–Crippen LogP) is 2.37. The second-order valence-electron chi connectivity index (χ2n) is 4.34. The van der Waals surface area contributed by atoms with E-state index in [4.69, 9.17) is 0 Å². The zero-order chi connectivity index (χ0) is 13.7. The minimum Gasteiger partial charge on any atom is -0.283 e. The first kappa shape index (κ1) is 13.5. The molecule has 0 fully saturated rings. The van der Waals surface area contributed by atoms with Crippen LogP contribution in [0.1, 0.15) is 11.3 Å². The van der Waals surface area contributed by atoms with Crippen LogP contribution in [0.4, 0.5) is 5.69 Å². The number of aromatic nitrogens is 1. The molecular weight excluding hydrogens is 260 g/mol. The normalized spacial score (nSPS) is 11.2. The maximum absolute atomic E-state index is 12.0. The first-order valence-electron chi connectivity index (χ1n) is 6.02. The summed E-state index contributed by atoms with van der Waals surface area (Å²) in [5.74, 6) is 0.0678. The SMILES string of the molecule is Cc1cc(NS(=O)(=O)CCc2ccccc2)ccn1. The van der Waals surface area contributed by atoms with Crippen molar-refractivity contribution in [1.82, 2.24) is 4.98 Å². The van der Waals surface area contributed by atoms with E-state index in [1.807, 2.05) is 37.3 Å². The second kappa shape index (κ2) is 5.84. The molecule has 2 aromatic rings. The maximum Gasteiger partial charge on any atom is 0.233 e. The minimum absolute atomic E-state index is 0.0678. The smallest absolute Gasteiger partial charge is 0.233 e. The molecule has 4 nitrogen and oxygen atoms in total. The van der Waals surface area contributed by atoms with Gasteiger partial charge in [0, 0.05) is 11.9 Å². The molecule has 1 aromatic heterocycles. The molecular formula is C14H16N2O2S. The van der Waals surface area contributed by atoms with Gasteiger partial charge in [-0.3, -0.25) is 9.71 Å². The van der Waals surface area contributed by atoms with Gasteiger partial charge in [0.05, 0.1) is 11.4 Å². The number of hydrogen-bond donors (Lipinski definition) is 1. The van der Waals surface area contributed by atoms with Gasteiger partial charge < -0.3 is 0 Å². The third-order valence-electron chi connectivity index (χ3n) is 2.67. The third-order valence-corrected chi connectivity index (χ3v) is 3.96. The molecule has 0 spiro atoms. The highest BCUT2D eigenvalue weighted by molar-refractivity contribution is 7.92. The van der Waals surface area contributed by atoms with Crippen LogP contribution >= 0.6 is 0 Å². The fourth-order valence-corrected chi connectivity index (χ4v) is 2.83. The van der Waals surface area contributed by atoms with E-state index in [1.54, 1.807) is 18.3 Å². The molecule has 2 rings (SSSR count). The minimum atomic E-state index is -3.33. The van der Waals surface area contributed by atoms with Gasteiger partial charge in [-0.05, 0) is 31.0 Å². The first-order valence-corrected chi connectivity index (χ1v) is 7.67. The van der Waals surface area contributed by atoms with Crippen molar-refractivity contribution in [3.05, 3.63) is 59.9 Å². The van der Waals surface area contributed by atoms with E-state index in [0.29, 0.717) is 12.1 Å². The van der Waals surface area contributed by atoms with E-state index in [1.165, 1.54) is 0 Å². The van der Waals surface area contributed by atoms with Gasteiger partial charge in [-0.1, -0.05) is 30.3 Å². The number of nitrogens with zero attached hydrogens (tertiary/aromatic N) is 1. The molecule has 1 N–H and O–H groups in total. The third kappa shape index (κ3) is 4.37. The largest absolute Gasteiger partial charge is 0.283 e. The van der Waals surface area contributed by atoms with Gasteiger partial charge in [-0.25, -0.2) is 8.42 Å². The molecule has 5 heteroatoms. The van der Waals surface area contributed by atoms with Crippen molar-refractivity contribution in [3.63, 3.8) is 0 Å². The Morgan fingerprint density at radius 1 is 1.16 bits per heavy atom. The summed E-state index contributed by atoms with van der Waals surface area (Å²) in [5, 5.41) is 0. The van der Waals surface area contributed by atoms with E-state index in [2.05, 4.69) is 9.71 Å². The Kier molecular flexibility index (Phi) is 4.16. The number of hydrogen-bond acceptors (Lipinski definition) is 3. The summed E-state index contributed by atoms with van der Waals surface area (Å²) < 4.78 is 26.5. The van der Waals surface area contributed by atoms with Crippen molar-refractivity contribution >= 4 is 15.7 Å². The molecule has 0 aliphatic heterocycles. The molecule has 0 radical (unpaired) electrons. The quantitative estimate of drug-likeness (QED) is 0.912. The fraction of sp³-hybridized carbons (Fsp3) is 0.214. The molecule has 19 heavy (non-hydrogen) atoms. The van der Waals surface area contributed by atoms with Crippen molar-refractivity contribution in [3.8, 4) is 0 Å². The lowest BCUT2D eigenvalue weighted by atomic mass is 10.2. The Morgan fingerprint density at radius 3 is 2.58 bits per heavy atom. The van der Waals surface area contributed by atoms with Gasteiger partial charge in [0.15, 0.2) is 0 Å². The monoisotopic (exact) mass is 276 g/mol. The standard InChI is InChI=1S/C14H16N2O2S/c1-12-11-14(7-9-15-12)16-19(17,18)10-8-13-5-3-2-4-6-13/h2-7,9,11H,8,10H2,1H3,(H,15,16). The number of benzene rings is 1. The van der Waals surface area contributed by atoms with Gasteiger partial charge in [0.2, 0.25) is 10.0 Å². The average Bonchev–Trinajstić information content (AvgIpc) is 2.37. The van der Waals surface area contributed by atoms with Crippen LogP contribution in [0.3, 0.4) is 0 Å². The van der Waals surface area contributed by atoms with Crippen LogP contribution in [0, 0.1) is 6.92 Å². The highest BCUT2D eigenvalue weighted by Crippen LogP contribution is 2.10. The Hall–Kier alpha value is -1.88. The Morgan fingerprint density at radius 2 is 1.89 bits per heavy atom. The molecule has 0 saturated carbocycles. The maximum atomic E-state index is 12.0. The lowest BCUT2D eigenvalue weighted by Gasteiger charge is -2.08. The van der Waals surface area contributed by atoms with E-state index in [0.717, 1.165) is 11.3 Å². The van der Waals surface area contributed by atoms with Gasteiger partial charge in [0.1, 0.15) is 0 Å². The van der Waals surface area contributed by atoms with Crippen molar-refractivity contribution in [1.29, 1.82) is 0 Å². The van der Waals surface area contributed by atoms with Crippen LogP contribution in [0.5, 0.6) is 0 Å². The lowest BCUT2D eigenvalue weighted by Crippen LogP contribution is -2.18. The Labute approximate surface area is 113 Å². The Balaban J connectivity index is 1.99. The summed E-state index contributed by atoms with van der Waals surface area (Å²) in [5.41, 5.74) is 2.35. The number of nitrogens with one attached hydrogen (secondary N) is 1. The van der Waals surface area contributed by atoms with Crippen LogP contribution in [0.25, 0.3) is 0 Å². The summed E-state index contributed by atoms with van der Waals surface area (Å²) in [6.45, 7) is 1.82. The van der Waals surface area contributed by atoms with E-state index in [-0.39, 0.29) is 5.75 Å². The number of anilines is 1. The van der Waals surface area contributed by atoms with Crippen LogP contribution in [0.15, 0.2) is 48.7 Å². The molecule has 0 amide bonds. The van der Waals surface area contributed by atoms with Crippen molar-refractivity contribution in [2.75, 3.05) is 10.5 Å². The van der Waals surface area contributed by atoms with Crippen LogP contribution in [-0.4, -0.2) is 19.2 Å². The number of sulfonamides is 1. The van der Waals surface area contributed by atoms with Crippen molar-refractivity contribution in [2.45, 2.75) is 13.3 Å². The zero-order valence-corrected chi connectivity index (χ0v) is 11.5. The molecule has 100 valence electrons. The molecule has 0 unspecified atom stereocenters. The summed E-state index contributed by atoms with van der Waals surface area (Å²) in [4.78, 5) is 4.03. The number of rotatable bonds is 5. The number of pyridine rings is 1. The summed E-state index contributed by atoms with van der Waals surface area (Å²) in [7, 11) is -3.33. The first-order chi connectivity index (χ1) is 9.05. The Bertz CT molecular complexity index is 640. The number of aryl methyl sites for hydroxylation is 2. The van der Waals surface area contributed by atoms with Crippen LogP contribution < -0.4 is 4.72 Å². The lowest BCUT2D eigenvalue weighted by molar-refractivity contribution is 0.600. The molecule has 0 aliphatic rings. The van der Waals surface area contributed by atoms with Crippen molar-refractivity contribution in [2.24, 2.45) is 0 Å². The van der Waals surface area contributed by atoms with Gasteiger partial charge in [-0.15, -0.1) is 0 Å². The second-order valence-corrected chi connectivity index (χ2v) is 6.18. The summed E-state index contributed by atoms with van der Waals surface area (Å²) in [6, 6.07) is 12.9. The molecule has 0 atom stereocenters. The fourth-order valence-electron chi connectivity index (χ4n) is 1.74. The highest BCUT2D eigenvalue weighted by Gasteiger charge is 2.10. The van der Waals surface area contributed by atoms with Crippen molar-refractivity contribution < 1.29 is 8.42 Å². The summed E-state index contributed by atoms with van der Waals surface area (Å²) >= 11 is 0. The van der Waals surface area contributed by atoms with Gasteiger partial charge >= 0.3 is 0 Å². The van der Waals surface area contributed by atoms with Crippen LogP contribution in [-0.2, 0) is 16.4 Å². The highest BCUT2D eigenvalue weighted by atomic mass is 32.2. The average molecular weight is 276 g/mol. The molecule has 1 aromatic carbocycles. The predicted molar refractivity (Wildman–Crippen MR) is 76.5 cm³/mol. The molecule has 0 aliphatic carbocycles. The van der Waals surface area contributed by atoms with Crippen LogP contribution in [0.2, 0.25) is 0 Å².